The van der Waals surface area contributed by atoms with Gasteiger partial charge in [0.05, 0.1) is 0 Å². The quantitative estimate of drug-likeness (QED) is 0.137. The molecule has 0 saturated heterocycles. The third-order valence-electron chi connectivity index (χ3n) is 6.01. The number of rotatable bonds is 24. The monoisotopic (exact) mass is 431 g/mol. The zero-order valence-electron chi connectivity index (χ0n) is 21.8. The molecule has 0 saturated carbocycles. The van der Waals surface area contributed by atoms with Crippen LogP contribution >= 0.6 is 0 Å². The van der Waals surface area contributed by atoms with E-state index in [0.29, 0.717) is 0 Å². The van der Waals surface area contributed by atoms with Gasteiger partial charge in [0.25, 0.3) is 0 Å². The van der Waals surface area contributed by atoms with Crippen LogP contribution in [-0.2, 0) is 0 Å². The van der Waals surface area contributed by atoms with Crippen LogP contribution in [0.15, 0.2) is 36.8 Å². The predicted molar refractivity (Wildman–Crippen MR) is 143 cm³/mol. The second-order valence-corrected chi connectivity index (χ2v) is 9.27. The number of hydrogen-bond acceptors (Lipinski definition) is 1. The first-order valence-electron chi connectivity index (χ1n) is 14.1. The second-order valence-electron chi connectivity index (χ2n) is 9.27. The third-order valence-corrected chi connectivity index (χ3v) is 6.01. The van der Waals surface area contributed by atoms with Gasteiger partial charge in [-0.05, 0) is 38.5 Å². The molecule has 0 spiro atoms. The van der Waals surface area contributed by atoms with Gasteiger partial charge >= 0.3 is 0 Å². The summed E-state index contributed by atoms with van der Waals surface area (Å²) in [5.74, 6) is 0. The fourth-order valence-electron chi connectivity index (χ4n) is 3.87. The van der Waals surface area contributed by atoms with Crippen LogP contribution in [0.25, 0.3) is 0 Å². The van der Waals surface area contributed by atoms with Crippen molar-refractivity contribution in [3.05, 3.63) is 36.8 Å². The molecule has 31 heavy (non-hydrogen) atoms. The van der Waals surface area contributed by atoms with Crippen LogP contribution in [0.4, 0.5) is 0 Å². The lowest BCUT2D eigenvalue weighted by Crippen LogP contribution is -1.99. The Balaban J connectivity index is 4.17. The molecule has 0 N–H and O–H groups in total. The maximum atomic E-state index is 2.37. The summed E-state index contributed by atoms with van der Waals surface area (Å²) in [6.07, 6.45) is 42.4. The molecule has 0 bridgehead atoms. The van der Waals surface area contributed by atoms with Crippen LogP contribution in [0.3, 0.4) is 0 Å². The van der Waals surface area contributed by atoms with Crippen molar-refractivity contribution in [1.29, 1.82) is 0 Å². The molecule has 0 unspecified atom stereocenters. The molecule has 0 radical (unpaired) electrons. The SMILES string of the molecule is CCCCCCCC/C=C/N(/C=C/CCCCCCCC)/C=C/CCCCCCCC. The van der Waals surface area contributed by atoms with Gasteiger partial charge in [-0.3, -0.25) is 0 Å². The van der Waals surface area contributed by atoms with Crippen LogP contribution in [0.1, 0.15) is 156 Å². The fraction of sp³-hybridized carbons (Fsp3) is 0.800. The van der Waals surface area contributed by atoms with E-state index in [1.807, 2.05) is 0 Å². The van der Waals surface area contributed by atoms with E-state index in [9.17, 15) is 0 Å². The predicted octanol–water partition coefficient (Wildman–Crippen LogP) is 11.1. The Hall–Kier alpha value is -0.980. The molecule has 0 atom stereocenters. The van der Waals surface area contributed by atoms with Crippen LogP contribution in [0, 0.1) is 0 Å². The van der Waals surface area contributed by atoms with Crippen LogP contribution < -0.4 is 0 Å². The lowest BCUT2D eigenvalue weighted by Gasteiger charge is -2.10. The molecule has 0 amide bonds. The molecule has 1 heteroatoms. The summed E-state index contributed by atoms with van der Waals surface area (Å²) < 4.78 is 0. The van der Waals surface area contributed by atoms with Crippen LogP contribution in [-0.4, -0.2) is 4.90 Å². The highest BCUT2D eigenvalue weighted by molar-refractivity contribution is 4.99. The summed E-state index contributed by atoms with van der Waals surface area (Å²) in [6.45, 7) is 6.87. The van der Waals surface area contributed by atoms with Crippen molar-refractivity contribution in [2.75, 3.05) is 0 Å². The molecule has 0 aromatic carbocycles. The van der Waals surface area contributed by atoms with Gasteiger partial charge < -0.3 is 4.90 Å². The van der Waals surface area contributed by atoms with Gasteiger partial charge in [-0.2, -0.15) is 0 Å². The minimum atomic E-state index is 1.21. The topological polar surface area (TPSA) is 3.24 Å². The maximum absolute atomic E-state index is 2.37. The highest BCUT2D eigenvalue weighted by Crippen LogP contribution is 2.11. The maximum Gasteiger partial charge on any atom is 0.00417 e. The molecule has 0 aliphatic carbocycles. The summed E-state index contributed by atoms with van der Waals surface area (Å²) in [5.41, 5.74) is 0. The minimum Gasteiger partial charge on any atom is -0.332 e. The van der Waals surface area contributed by atoms with E-state index in [1.165, 1.54) is 135 Å². The summed E-state index contributed by atoms with van der Waals surface area (Å²) >= 11 is 0. The Labute approximate surface area is 197 Å². The molecule has 0 aromatic heterocycles. The van der Waals surface area contributed by atoms with E-state index in [2.05, 4.69) is 62.5 Å². The van der Waals surface area contributed by atoms with Crippen molar-refractivity contribution in [3.63, 3.8) is 0 Å². The van der Waals surface area contributed by atoms with E-state index < -0.39 is 0 Å². The Morgan fingerprint density at radius 1 is 0.355 bits per heavy atom. The summed E-state index contributed by atoms with van der Waals surface area (Å²) in [4.78, 5) is 2.28. The third kappa shape index (κ3) is 25.2. The first-order valence-corrected chi connectivity index (χ1v) is 14.1. The van der Waals surface area contributed by atoms with Gasteiger partial charge in [-0.25, -0.2) is 0 Å². The molecule has 0 aliphatic rings. The van der Waals surface area contributed by atoms with E-state index >= 15 is 0 Å². The van der Waals surface area contributed by atoms with E-state index in [0.717, 1.165) is 0 Å². The van der Waals surface area contributed by atoms with Crippen LogP contribution in [0.2, 0.25) is 0 Å². The molecular weight excluding hydrogens is 374 g/mol. The first kappa shape index (κ1) is 30.0. The average Bonchev–Trinajstić information content (AvgIpc) is 2.78. The Morgan fingerprint density at radius 3 is 0.903 bits per heavy atom. The van der Waals surface area contributed by atoms with E-state index in [4.69, 9.17) is 0 Å². The molecule has 0 aromatic rings. The van der Waals surface area contributed by atoms with Gasteiger partial charge in [-0.1, -0.05) is 135 Å². The lowest BCUT2D eigenvalue weighted by molar-refractivity contribution is 0.602. The smallest absolute Gasteiger partial charge is 0.00417 e. The lowest BCUT2D eigenvalue weighted by atomic mass is 10.1. The molecule has 0 fully saturated rings. The molecule has 0 heterocycles. The molecule has 0 aliphatic heterocycles. The van der Waals surface area contributed by atoms with Crippen molar-refractivity contribution in [2.45, 2.75) is 156 Å². The first-order chi connectivity index (χ1) is 15.3. The highest BCUT2D eigenvalue weighted by Gasteiger charge is 1.93. The van der Waals surface area contributed by atoms with Crippen molar-refractivity contribution < 1.29 is 0 Å². The van der Waals surface area contributed by atoms with Crippen molar-refractivity contribution in [2.24, 2.45) is 0 Å². The normalized spacial score (nSPS) is 12.1. The van der Waals surface area contributed by atoms with Gasteiger partial charge in [0.15, 0.2) is 0 Å². The Morgan fingerprint density at radius 2 is 0.613 bits per heavy atom. The molecule has 0 rings (SSSR count). The van der Waals surface area contributed by atoms with Gasteiger partial charge in [0.2, 0.25) is 0 Å². The van der Waals surface area contributed by atoms with Crippen molar-refractivity contribution >= 4 is 0 Å². The number of allylic oxidation sites excluding steroid dienone is 3. The number of unbranched alkanes of at least 4 members (excludes halogenated alkanes) is 18. The van der Waals surface area contributed by atoms with E-state index in [1.54, 1.807) is 0 Å². The Kier molecular flexibility index (Phi) is 26.2. The average molecular weight is 432 g/mol. The van der Waals surface area contributed by atoms with Gasteiger partial charge in [0.1, 0.15) is 0 Å². The second kappa shape index (κ2) is 27.1. The zero-order chi connectivity index (χ0) is 22.7. The van der Waals surface area contributed by atoms with Gasteiger partial charge in [0, 0.05) is 18.6 Å². The van der Waals surface area contributed by atoms with E-state index in [-0.39, 0.29) is 0 Å². The van der Waals surface area contributed by atoms with Gasteiger partial charge in [-0.15, -0.1) is 0 Å². The molecular formula is C30H57N. The number of nitrogens with zero attached hydrogens (tertiary/aromatic N) is 1. The standard InChI is InChI=1S/C30H57N/c1-4-7-10-13-16-19-22-25-28-31(29-26-23-20-17-14-11-8-5-2)30-27-24-21-18-15-12-9-6-3/h25-30H,4-24H2,1-3H3/b28-25+,29-26+,30-27+. The summed E-state index contributed by atoms with van der Waals surface area (Å²) in [7, 11) is 0. The Bertz CT molecular complexity index is 345. The minimum absolute atomic E-state index is 1.21. The molecule has 182 valence electrons. The highest BCUT2D eigenvalue weighted by atomic mass is 15.1. The largest absolute Gasteiger partial charge is 0.332 e. The van der Waals surface area contributed by atoms with Crippen molar-refractivity contribution in [3.8, 4) is 0 Å². The van der Waals surface area contributed by atoms with Crippen molar-refractivity contribution in [1.82, 2.24) is 4.90 Å². The zero-order valence-corrected chi connectivity index (χ0v) is 21.8. The van der Waals surface area contributed by atoms with Crippen LogP contribution in [0.5, 0.6) is 0 Å². The number of hydrogen-bond donors (Lipinski definition) is 0. The summed E-state index contributed by atoms with van der Waals surface area (Å²) in [5, 5.41) is 0. The molecule has 1 nitrogen and oxygen atoms in total. The summed E-state index contributed by atoms with van der Waals surface area (Å²) in [6, 6.07) is 0. The fourth-order valence-corrected chi connectivity index (χ4v) is 3.87.